The summed E-state index contributed by atoms with van der Waals surface area (Å²) in [6.07, 6.45) is 0.252. The van der Waals surface area contributed by atoms with Gasteiger partial charge in [0.05, 0.1) is 13.0 Å². The lowest BCUT2D eigenvalue weighted by Crippen LogP contribution is -2.50. The summed E-state index contributed by atoms with van der Waals surface area (Å²) in [6.45, 7) is 4.03. The van der Waals surface area contributed by atoms with E-state index in [1.807, 2.05) is 12.1 Å². The second-order valence-corrected chi connectivity index (χ2v) is 6.40. The van der Waals surface area contributed by atoms with E-state index in [2.05, 4.69) is 15.9 Å². The predicted octanol–water partition coefficient (Wildman–Crippen LogP) is 2.08. The van der Waals surface area contributed by atoms with Crippen LogP contribution in [0, 0.1) is 0 Å². The molecule has 0 bridgehead atoms. The zero-order valence-corrected chi connectivity index (χ0v) is 15.3. The number of carbonyl (C=O) groups excluding carboxylic acids is 3. The Bertz CT molecular complexity index is 612. The van der Waals surface area contributed by atoms with E-state index < -0.39 is 0 Å². The Hall–Kier alpha value is -1.89. The number of hydrogen-bond donors (Lipinski definition) is 0. The highest BCUT2D eigenvalue weighted by Crippen LogP contribution is 2.15. The number of nitrogens with zero attached hydrogens (tertiary/aromatic N) is 2. The van der Waals surface area contributed by atoms with Gasteiger partial charge in [0.2, 0.25) is 5.91 Å². The van der Waals surface area contributed by atoms with Crippen molar-refractivity contribution in [3.63, 3.8) is 0 Å². The highest BCUT2D eigenvalue weighted by molar-refractivity contribution is 9.10. The number of amides is 2. The molecule has 1 aromatic carbocycles. The van der Waals surface area contributed by atoms with Crippen molar-refractivity contribution in [3.8, 4) is 0 Å². The van der Waals surface area contributed by atoms with Crippen molar-refractivity contribution in [1.82, 2.24) is 9.80 Å². The van der Waals surface area contributed by atoms with Gasteiger partial charge >= 0.3 is 5.97 Å². The lowest BCUT2D eigenvalue weighted by Gasteiger charge is -2.34. The van der Waals surface area contributed by atoms with Gasteiger partial charge in [-0.15, -0.1) is 0 Å². The van der Waals surface area contributed by atoms with Crippen molar-refractivity contribution in [3.05, 3.63) is 34.3 Å². The van der Waals surface area contributed by atoms with Crippen LogP contribution in [0.4, 0.5) is 0 Å². The van der Waals surface area contributed by atoms with Crippen LogP contribution in [0.2, 0.25) is 0 Å². The molecule has 1 aliphatic rings. The Morgan fingerprint density at radius 1 is 1.08 bits per heavy atom. The molecule has 1 heterocycles. The highest BCUT2D eigenvalue weighted by atomic mass is 79.9. The van der Waals surface area contributed by atoms with Crippen molar-refractivity contribution in [2.75, 3.05) is 32.8 Å². The summed E-state index contributed by atoms with van der Waals surface area (Å²) in [5, 5.41) is 0. The topological polar surface area (TPSA) is 66.9 Å². The Morgan fingerprint density at radius 3 is 2.38 bits per heavy atom. The van der Waals surface area contributed by atoms with Gasteiger partial charge in [0.1, 0.15) is 0 Å². The molecule has 0 unspecified atom stereocenters. The lowest BCUT2D eigenvalue weighted by molar-refractivity contribution is -0.146. The largest absolute Gasteiger partial charge is 0.466 e. The van der Waals surface area contributed by atoms with Crippen LogP contribution in [0.3, 0.4) is 0 Å². The van der Waals surface area contributed by atoms with E-state index in [4.69, 9.17) is 4.74 Å². The number of benzene rings is 1. The van der Waals surface area contributed by atoms with Gasteiger partial charge in [-0.05, 0) is 25.1 Å². The SMILES string of the molecule is CCOC(=O)CCC(=O)N1CCN(C(=O)c2cccc(Br)c2)CC1. The van der Waals surface area contributed by atoms with Crippen molar-refractivity contribution in [2.45, 2.75) is 19.8 Å². The molecule has 1 aliphatic heterocycles. The summed E-state index contributed by atoms with van der Waals surface area (Å²) >= 11 is 3.36. The summed E-state index contributed by atoms with van der Waals surface area (Å²) in [6, 6.07) is 7.27. The summed E-state index contributed by atoms with van der Waals surface area (Å²) in [7, 11) is 0. The Balaban J connectivity index is 1.81. The summed E-state index contributed by atoms with van der Waals surface area (Å²) < 4.78 is 5.68. The number of piperazine rings is 1. The first-order chi connectivity index (χ1) is 11.5. The van der Waals surface area contributed by atoms with E-state index in [1.165, 1.54) is 0 Å². The fourth-order valence-corrected chi connectivity index (χ4v) is 2.96. The average Bonchev–Trinajstić information content (AvgIpc) is 2.59. The monoisotopic (exact) mass is 396 g/mol. The second-order valence-electron chi connectivity index (χ2n) is 5.49. The van der Waals surface area contributed by atoms with E-state index in [9.17, 15) is 14.4 Å². The van der Waals surface area contributed by atoms with Gasteiger partial charge < -0.3 is 14.5 Å². The minimum absolute atomic E-state index is 0.0325. The zero-order chi connectivity index (χ0) is 17.5. The molecule has 0 N–H and O–H groups in total. The number of carbonyl (C=O) groups is 3. The van der Waals surface area contributed by atoms with Crippen LogP contribution in [0.15, 0.2) is 28.7 Å². The van der Waals surface area contributed by atoms with Gasteiger partial charge in [0.25, 0.3) is 5.91 Å². The van der Waals surface area contributed by atoms with Gasteiger partial charge in [-0.2, -0.15) is 0 Å². The van der Waals surface area contributed by atoms with Crippen molar-refractivity contribution >= 4 is 33.7 Å². The third-order valence-electron chi connectivity index (χ3n) is 3.84. The normalized spacial score (nSPS) is 14.4. The van der Waals surface area contributed by atoms with Crippen LogP contribution in [0.5, 0.6) is 0 Å². The molecule has 0 spiro atoms. The Morgan fingerprint density at radius 2 is 1.75 bits per heavy atom. The molecule has 130 valence electrons. The zero-order valence-electron chi connectivity index (χ0n) is 13.7. The molecule has 1 aromatic rings. The number of ether oxygens (including phenoxy) is 1. The van der Waals surface area contributed by atoms with Gasteiger partial charge in [0, 0.05) is 42.6 Å². The molecule has 2 amide bonds. The Kier molecular flexibility index (Phi) is 6.78. The van der Waals surface area contributed by atoms with E-state index in [0.29, 0.717) is 38.3 Å². The molecule has 0 saturated carbocycles. The van der Waals surface area contributed by atoms with Gasteiger partial charge in [-0.25, -0.2) is 0 Å². The summed E-state index contributed by atoms with van der Waals surface area (Å²) in [5.41, 5.74) is 0.631. The summed E-state index contributed by atoms with van der Waals surface area (Å²) in [5.74, 6) is -0.457. The van der Waals surface area contributed by atoms with Crippen molar-refractivity contribution in [2.24, 2.45) is 0 Å². The maximum atomic E-state index is 12.5. The molecule has 7 heteroatoms. The third-order valence-corrected chi connectivity index (χ3v) is 4.33. The molecular weight excluding hydrogens is 376 g/mol. The fourth-order valence-electron chi connectivity index (χ4n) is 2.56. The molecule has 0 radical (unpaired) electrons. The first-order valence-electron chi connectivity index (χ1n) is 7.99. The smallest absolute Gasteiger partial charge is 0.306 e. The lowest BCUT2D eigenvalue weighted by atomic mass is 10.1. The molecule has 0 atom stereocenters. The fraction of sp³-hybridized carbons (Fsp3) is 0.471. The molecule has 1 fully saturated rings. The third kappa shape index (κ3) is 5.06. The molecule has 1 saturated heterocycles. The first-order valence-corrected chi connectivity index (χ1v) is 8.78. The number of rotatable bonds is 5. The van der Waals surface area contributed by atoms with E-state index in [1.54, 1.807) is 28.9 Å². The van der Waals surface area contributed by atoms with Crippen LogP contribution < -0.4 is 0 Å². The molecule has 0 aliphatic carbocycles. The van der Waals surface area contributed by atoms with Gasteiger partial charge in [-0.1, -0.05) is 22.0 Å². The number of hydrogen-bond acceptors (Lipinski definition) is 4. The number of esters is 1. The maximum Gasteiger partial charge on any atom is 0.306 e. The molecule has 2 rings (SSSR count). The standard InChI is InChI=1S/C17H21BrN2O4/c1-2-24-16(22)7-6-15(21)19-8-10-20(11-9-19)17(23)13-4-3-5-14(18)12-13/h3-5,12H,2,6-11H2,1H3. The minimum atomic E-state index is -0.352. The minimum Gasteiger partial charge on any atom is -0.466 e. The predicted molar refractivity (Wildman–Crippen MR) is 92.5 cm³/mol. The van der Waals surface area contributed by atoms with E-state index in [0.717, 1.165) is 4.47 Å². The first kappa shape index (κ1) is 18.4. The van der Waals surface area contributed by atoms with Crippen LogP contribution in [-0.2, 0) is 14.3 Å². The highest BCUT2D eigenvalue weighted by Gasteiger charge is 2.25. The van der Waals surface area contributed by atoms with Crippen LogP contribution >= 0.6 is 15.9 Å². The van der Waals surface area contributed by atoms with Crippen LogP contribution in [0.1, 0.15) is 30.1 Å². The molecule has 24 heavy (non-hydrogen) atoms. The van der Waals surface area contributed by atoms with E-state index in [-0.39, 0.29) is 30.6 Å². The van der Waals surface area contributed by atoms with E-state index >= 15 is 0 Å². The van der Waals surface area contributed by atoms with Gasteiger partial charge in [0.15, 0.2) is 0 Å². The average molecular weight is 397 g/mol. The maximum absolute atomic E-state index is 12.5. The Labute approximate surface area is 149 Å². The van der Waals surface area contributed by atoms with Crippen molar-refractivity contribution in [1.29, 1.82) is 0 Å². The molecule has 0 aromatic heterocycles. The van der Waals surface area contributed by atoms with Crippen molar-refractivity contribution < 1.29 is 19.1 Å². The second kappa shape index (κ2) is 8.82. The quantitative estimate of drug-likeness (QED) is 0.714. The molecule has 6 nitrogen and oxygen atoms in total. The van der Waals surface area contributed by atoms with Crippen LogP contribution in [-0.4, -0.2) is 60.4 Å². The molecular formula is C17H21BrN2O4. The van der Waals surface area contributed by atoms with Crippen LogP contribution in [0.25, 0.3) is 0 Å². The van der Waals surface area contributed by atoms with Gasteiger partial charge in [-0.3, -0.25) is 14.4 Å². The number of halogens is 1. The summed E-state index contributed by atoms with van der Waals surface area (Å²) in [4.78, 5) is 39.3.